The van der Waals surface area contributed by atoms with Gasteiger partial charge in [0.25, 0.3) is 0 Å². The number of benzene rings is 1. The van der Waals surface area contributed by atoms with Gasteiger partial charge in [0.2, 0.25) is 0 Å². The Hall–Kier alpha value is -1.82. The van der Waals surface area contributed by atoms with Crippen LogP contribution >= 0.6 is 0 Å². The summed E-state index contributed by atoms with van der Waals surface area (Å²) in [5, 5.41) is 13.7. The first-order valence-corrected chi connectivity index (χ1v) is 7.81. The minimum Gasteiger partial charge on any atom is -0.508 e. The molecule has 1 aromatic carbocycles. The van der Waals surface area contributed by atoms with Gasteiger partial charge in [0, 0.05) is 11.8 Å². The molecule has 100 valence electrons. The van der Waals surface area contributed by atoms with Crippen molar-refractivity contribution in [2.24, 2.45) is 0 Å². The normalized spacial score (nSPS) is 18.2. The van der Waals surface area contributed by atoms with Crippen LogP contribution in [0.3, 0.4) is 0 Å². The number of phenols is 1. The molecule has 19 heavy (non-hydrogen) atoms. The molecule has 0 spiro atoms. The van der Waals surface area contributed by atoms with Gasteiger partial charge < -0.3 is 5.11 Å². The summed E-state index contributed by atoms with van der Waals surface area (Å²) in [5.41, 5.74) is 2.69. The van der Waals surface area contributed by atoms with Crippen LogP contribution in [0.25, 0.3) is 11.1 Å². The Labute approximate surface area is 111 Å². The summed E-state index contributed by atoms with van der Waals surface area (Å²) in [6.45, 7) is 1.84. The average Bonchev–Trinajstić information content (AvgIpc) is 2.78. The number of sulfone groups is 1. The van der Waals surface area contributed by atoms with Crippen LogP contribution in [0.4, 0.5) is 0 Å². The van der Waals surface area contributed by atoms with Crippen LogP contribution in [0.5, 0.6) is 5.75 Å². The Balaban J connectivity index is 1.87. The summed E-state index contributed by atoms with van der Waals surface area (Å²) < 4.78 is 24.0. The molecule has 1 aliphatic rings. The standard InChI is InChI=1S/C13H14N2O3S/c1-9-4-10(2-3-13(9)16)11-5-14-15(6-11)12-7-19(17,18)8-12/h2-6,12,16H,7-8H2,1H3. The fraction of sp³-hybridized carbons (Fsp3) is 0.308. The van der Waals surface area contributed by atoms with Crippen LogP contribution < -0.4 is 0 Å². The van der Waals surface area contributed by atoms with Crippen LogP contribution in [0.1, 0.15) is 11.6 Å². The summed E-state index contributed by atoms with van der Waals surface area (Å²) in [6.07, 6.45) is 3.57. The first-order chi connectivity index (χ1) is 8.94. The van der Waals surface area contributed by atoms with Crippen LogP contribution in [0, 0.1) is 6.92 Å². The van der Waals surface area contributed by atoms with E-state index in [1.165, 1.54) is 0 Å². The van der Waals surface area contributed by atoms with Gasteiger partial charge in [-0.25, -0.2) is 8.42 Å². The summed E-state index contributed by atoms with van der Waals surface area (Å²) in [5.74, 6) is 0.604. The molecule has 1 fully saturated rings. The summed E-state index contributed by atoms with van der Waals surface area (Å²) >= 11 is 0. The van der Waals surface area contributed by atoms with E-state index in [4.69, 9.17) is 0 Å². The SMILES string of the molecule is Cc1cc(-c2cnn(C3CS(=O)(=O)C3)c2)ccc1O. The molecule has 0 amide bonds. The van der Waals surface area contributed by atoms with Gasteiger partial charge >= 0.3 is 0 Å². The van der Waals surface area contributed by atoms with Gasteiger partial charge in [-0.05, 0) is 30.2 Å². The van der Waals surface area contributed by atoms with E-state index < -0.39 is 9.84 Å². The second-order valence-electron chi connectivity index (χ2n) is 4.94. The molecule has 1 saturated heterocycles. The fourth-order valence-corrected chi connectivity index (χ4v) is 3.59. The van der Waals surface area contributed by atoms with Gasteiger partial charge in [0.15, 0.2) is 9.84 Å². The molecular formula is C13H14N2O3S. The van der Waals surface area contributed by atoms with Crippen molar-refractivity contribution >= 4 is 9.84 Å². The molecule has 0 saturated carbocycles. The maximum absolute atomic E-state index is 11.2. The molecule has 1 aromatic heterocycles. The third kappa shape index (κ3) is 2.23. The van der Waals surface area contributed by atoms with Crippen molar-refractivity contribution in [1.29, 1.82) is 0 Å². The van der Waals surface area contributed by atoms with Gasteiger partial charge in [0.1, 0.15) is 5.75 Å². The molecule has 0 aliphatic carbocycles. The quantitative estimate of drug-likeness (QED) is 0.904. The van der Waals surface area contributed by atoms with Gasteiger partial charge in [-0.2, -0.15) is 5.10 Å². The molecule has 0 unspecified atom stereocenters. The minimum atomic E-state index is -2.84. The van der Waals surface area contributed by atoms with Gasteiger partial charge in [-0.3, -0.25) is 4.68 Å². The van der Waals surface area contributed by atoms with Crippen molar-refractivity contribution in [3.8, 4) is 16.9 Å². The lowest BCUT2D eigenvalue weighted by molar-refractivity contribution is 0.471. The van der Waals surface area contributed by atoms with E-state index in [1.807, 2.05) is 25.3 Å². The van der Waals surface area contributed by atoms with Crippen molar-refractivity contribution in [2.45, 2.75) is 13.0 Å². The largest absolute Gasteiger partial charge is 0.508 e. The lowest BCUT2D eigenvalue weighted by Crippen LogP contribution is -2.38. The molecule has 1 N–H and O–H groups in total. The molecule has 2 aromatic rings. The van der Waals surface area contributed by atoms with Crippen LogP contribution in [0.15, 0.2) is 30.6 Å². The molecule has 5 nitrogen and oxygen atoms in total. The Morgan fingerprint density at radius 2 is 2.05 bits per heavy atom. The summed E-state index contributed by atoms with van der Waals surface area (Å²) in [4.78, 5) is 0. The maximum Gasteiger partial charge on any atom is 0.154 e. The molecule has 2 heterocycles. The molecule has 0 atom stereocenters. The number of aromatic nitrogens is 2. The Kier molecular flexibility index (Phi) is 2.63. The summed E-state index contributed by atoms with van der Waals surface area (Å²) in [6, 6.07) is 5.31. The highest BCUT2D eigenvalue weighted by Gasteiger charge is 2.35. The highest BCUT2D eigenvalue weighted by Crippen LogP contribution is 2.28. The van der Waals surface area contributed by atoms with E-state index in [2.05, 4.69) is 5.10 Å². The lowest BCUT2D eigenvalue weighted by atomic mass is 10.1. The van der Waals surface area contributed by atoms with Crippen LogP contribution in [-0.4, -0.2) is 34.8 Å². The lowest BCUT2D eigenvalue weighted by Gasteiger charge is -2.25. The Bertz CT molecular complexity index is 722. The number of aryl methyl sites for hydroxylation is 1. The zero-order chi connectivity index (χ0) is 13.6. The van der Waals surface area contributed by atoms with E-state index >= 15 is 0 Å². The Morgan fingerprint density at radius 1 is 1.32 bits per heavy atom. The fourth-order valence-electron chi connectivity index (χ4n) is 2.21. The molecular weight excluding hydrogens is 264 g/mol. The van der Waals surface area contributed by atoms with E-state index in [9.17, 15) is 13.5 Å². The molecule has 1 aliphatic heterocycles. The van der Waals surface area contributed by atoms with Crippen molar-refractivity contribution < 1.29 is 13.5 Å². The van der Waals surface area contributed by atoms with E-state index in [0.29, 0.717) is 0 Å². The van der Waals surface area contributed by atoms with Gasteiger partial charge in [0.05, 0.1) is 23.7 Å². The van der Waals surface area contributed by atoms with Crippen molar-refractivity contribution in [3.63, 3.8) is 0 Å². The molecule has 6 heteroatoms. The van der Waals surface area contributed by atoms with E-state index in [1.54, 1.807) is 16.9 Å². The third-order valence-electron chi connectivity index (χ3n) is 3.40. The predicted octanol–water partition coefficient (Wildman–Crippen LogP) is 1.53. The highest BCUT2D eigenvalue weighted by atomic mass is 32.2. The van der Waals surface area contributed by atoms with Crippen LogP contribution in [0.2, 0.25) is 0 Å². The third-order valence-corrected chi connectivity index (χ3v) is 5.18. The number of hydrogen-bond donors (Lipinski definition) is 1. The van der Waals surface area contributed by atoms with E-state index in [-0.39, 0.29) is 23.3 Å². The molecule has 0 bridgehead atoms. The predicted molar refractivity (Wildman–Crippen MR) is 71.8 cm³/mol. The first-order valence-electron chi connectivity index (χ1n) is 5.99. The van der Waals surface area contributed by atoms with Crippen molar-refractivity contribution in [1.82, 2.24) is 9.78 Å². The zero-order valence-corrected chi connectivity index (χ0v) is 11.3. The number of phenolic OH excluding ortho intramolecular Hbond substituents is 1. The second kappa shape index (κ2) is 4.09. The van der Waals surface area contributed by atoms with Gasteiger partial charge in [-0.1, -0.05) is 6.07 Å². The number of hydrogen-bond acceptors (Lipinski definition) is 4. The van der Waals surface area contributed by atoms with Crippen LogP contribution in [-0.2, 0) is 9.84 Å². The molecule has 0 radical (unpaired) electrons. The topological polar surface area (TPSA) is 72.2 Å². The van der Waals surface area contributed by atoms with Gasteiger partial charge in [-0.15, -0.1) is 0 Å². The second-order valence-corrected chi connectivity index (χ2v) is 7.09. The monoisotopic (exact) mass is 278 g/mol. The summed E-state index contributed by atoms with van der Waals surface area (Å²) in [7, 11) is -2.84. The maximum atomic E-state index is 11.2. The minimum absolute atomic E-state index is 0.0445. The molecule has 3 rings (SSSR count). The first kappa shape index (κ1) is 12.2. The van der Waals surface area contributed by atoms with E-state index in [0.717, 1.165) is 16.7 Å². The van der Waals surface area contributed by atoms with Crippen molar-refractivity contribution in [3.05, 3.63) is 36.2 Å². The smallest absolute Gasteiger partial charge is 0.154 e. The zero-order valence-electron chi connectivity index (χ0n) is 10.4. The highest BCUT2D eigenvalue weighted by molar-refractivity contribution is 7.92. The number of aromatic hydroxyl groups is 1. The van der Waals surface area contributed by atoms with Crippen molar-refractivity contribution in [2.75, 3.05) is 11.5 Å². The Morgan fingerprint density at radius 3 is 2.68 bits per heavy atom. The number of nitrogens with zero attached hydrogens (tertiary/aromatic N) is 2. The average molecular weight is 278 g/mol. The number of rotatable bonds is 2.